The fourth-order valence-electron chi connectivity index (χ4n) is 0.606. The van der Waals surface area contributed by atoms with Gasteiger partial charge in [-0.3, -0.25) is 0 Å². The zero-order valence-corrected chi connectivity index (χ0v) is 6.81. The Morgan fingerprint density at radius 1 is 1.44 bits per heavy atom. The van der Waals surface area contributed by atoms with Crippen molar-refractivity contribution in [2.24, 2.45) is 0 Å². The second kappa shape index (κ2) is 3.85. The predicted molar refractivity (Wildman–Crippen MR) is 39.1 cm³/mol. The van der Waals surface area contributed by atoms with Crippen LogP contribution < -0.4 is 0 Å². The number of benzene rings is 1. The molecule has 0 unspecified atom stereocenters. The summed E-state index contributed by atoms with van der Waals surface area (Å²) in [5.41, 5.74) is 0.963. The standard InChI is InChI=1S/C7H7F.Mg.2H/c1-6-3-2-4-7(8)5-6;;;/h2-5H,1H3;;;/q;+2;2*-1. The monoisotopic (exact) mass is 136 g/mol. The molecule has 1 aromatic rings. The molecule has 0 aromatic heterocycles. The maximum atomic E-state index is 12.2. The van der Waals surface area contributed by atoms with Crippen LogP contribution in [0.15, 0.2) is 24.3 Å². The molecule has 1 rings (SSSR count). The van der Waals surface area contributed by atoms with E-state index >= 15 is 0 Å². The molecule has 0 aliphatic carbocycles. The van der Waals surface area contributed by atoms with Crippen molar-refractivity contribution >= 4 is 23.1 Å². The minimum atomic E-state index is -0.162. The van der Waals surface area contributed by atoms with Gasteiger partial charge in [-0.15, -0.1) is 0 Å². The van der Waals surface area contributed by atoms with Gasteiger partial charge in [0.05, 0.1) is 0 Å². The molecule has 0 saturated carbocycles. The summed E-state index contributed by atoms with van der Waals surface area (Å²) in [6, 6.07) is 6.50. The van der Waals surface area contributed by atoms with Gasteiger partial charge in [0, 0.05) is 0 Å². The SMILES string of the molecule is Cc1cccc(F)c1.[H-].[H-].[Mg+2]. The molecule has 0 N–H and O–H groups in total. The van der Waals surface area contributed by atoms with Crippen LogP contribution in [0.2, 0.25) is 0 Å². The molecule has 0 aliphatic rings. The zero-order chi connectivity index (χ0) is 5.98. The van der Waals surface area contributed by atoms with Crippen molar-refractivity contribution in [2.75, 3.05) is 0 Å². The molecule has 0 atom stereocenters. The molecular weight excluding hydrogens is 127 g/mol. The van der Waals surface area contributed by atoms with E-state index in [0.29, 0.717) is 0 Å². The Morgan fingerprint density at radius 2 is 2.11 bits per heavy atom. The van der Waals surface area contributed by atoms with E-state index in [4.69, 9.17) is 0 Å². The first-order valence-electron chi connectivity index (χ1n) is 2.51. The van der Waals surface area contributed by atoms with E-state index in [1.807, 2.05) is 13.0 Å². The van der Waals surface area contributed by atoms with Crippen molar-refractivity contribution in [3.8, 4) is 0 Å². The molecule has 0 fully saturated rings. The van der Waals surface area contributed by atoms with Crippen LogP contribution in [0.3, 0.4) is 0 Å². The summed E-state index contributed by atoms with van der Waals surface area (Å²) in [5.74, 6) is -0.162. The van der Waals surface area contributed by atoms with Crippen molar-refractivity contribution in [2.45, 2.75) is 6.92 Å². The first-order valence-corrected chi connectivity index (χ1v) is 2.51. The Morgan fingerprint density at radius 3 is 2.44 bits per heavy atom. The minimum absolute atomic E-state index is 0. The smallest absolute Gasteiger partial charge is 1.00 e. The molecular formula is C7H9FMg. The molecule has 0 nitrogen and oxygen atoms in total. The van der Waals surface area contributed by atoms with Crippen molar-refractivity contribution in [1.29, 1.82) is 0 Å². The largest absolute Gasteiger partial charge is 2.00 e. The van der Waals surface area contributed by atoms with Gasteiger partial charge >= 0.3 is 23.1 Å². The molecule has 0 saturated heterocycles. The van der Waals surface area contributed by atoms with Gasteiger partial charge in [-0.1, -0.05) is 12.1 Å². The normalized spacial score (nSPS) is 8.22. The third-order valence-electron chi connectivity index (χ3n) is 0.980. The van der Waals surface area contributed by atoms with E-state index in [1.54, 1.807) is 6.07 Å². The number of aryl methyl sites for hydroxylation is 1. The van der Waals surface area contributed by atoms with E-state index in [9.17, 15) is 4.39 Å². The second-order valence-corrected chi connectivity index (χ2v) is 1.80. The molecule has 0 aliphatic heterocycles. The van der Waals surface area contributed by atoms with Crippen LogP contribution >= 0.6 is 0 Å². The Labute approximate surface area is 73.2 Å². The number of rotatable bonds is 0. The summed E-state index contributed by atoms with van der Waals surface area (Å²) in [6.45, 7) is 1.86. The van der Waals surface area contributed by atoms with Crippen LogP contribution in [-0.4, -0.2) is 23.1 Å². The summed E-state index contributed by atoms with van der Waals surface area (Å²) < 4.78 is 12.2. The number of hydrogen-bond donors (Lipinski definition) is 0. The van der Waals surface area contributed by atoms with Gasteiger partial charge in [0.2, 0.25) is 0 Å². The Bertz CT molecular complexity index is 176. The van der Waals surface area contributed by atoms with Crippen LogP contribution in [0.5, 0.6) is 0 Å². The summed E-state index contributed by atoms with van der Waals surface area (Å²) >= 11 is 0. The average Bonchev–Trinajstić information content (AvgIpc) is 1.64. The summed E-state index contributed by atoms with van der Waals surface area (Å²) in [7, 11) is 0. The summed E-state index contributed by atoms with van der Waals surface area (Å²) in [4.78, 5) is 0. The average molecular weight is 136 g/mol. The van der Waals surface area contributed by atoms with Crippen molar-refractivity contribution in [3.63, 3.8) is 0 Å². The molecule has 2 heteroatoms. The van der Waals surface area contributed by atoms with E-state index in [2.05, 4.69) is 0 Å². The third kappa shape index (κ3) is 2.82. The van der Waals surface area contributed by atoms with Gasteiger partial charge in [0.25, 0.3) is 0 Å². The Balaban J connectivity index is -0.000000213. The minimum Gasteiger partial charge on any atom is -1.00 e. The van der Waals surface area contributed by atoms with Gasteiger partial charge in [-0.2, -0.15) is 0 Å². The topological polar surface area (TPSA) is 0 Å². The predicted octanol–water partition coefficient (Wildman–Crippen LogP) is 1.98. The maximum absolute atomic E-state index is 12.2. The molecule has 0 amide bonds. The van der Waals surface area contributed by atoms with Crippen molar-refractivity contribution in [3.05, 3.63) is 35.6 Å². The van der Waals surface area contributed by atoms with Crippen LogP contribution in [0.1, 0.15) is 8.42 Å². The molecule has 0 heterocycles. The summed E-state index contributed by atoms with van der Waals surface area (Å²) in [6.07, 6.45) is 0. The van der Waals surface area contributed by atoms with Gasteiger partial charge in [0.1, 0.15) is 5.82 Å². The Kier molecular flexibility index (Phi) is 3.82. The van der Waals surface area contributed by atoms with Crippen LogP contribution in [0, 0.1) is 12.7 Å². The van der Waals surface area contributed by atoms with E-state index in [1.165, 1.54) is 12.1 Å². The Hall–Kier alpha value is -0.0838. The zero-order valence-electron chi connectivity index (χ0n) is 7.39. The third-order valence-corrected chi connectivity index (χ3v) is 0.980. The van der Waals surface area contributed by atoms with E-state index in [-0.39, 0.29) is 31.7 Å². The van der Waals surface area contributed by atoms with Crippen LogP contribution in [0.25, 0.3) is 0 Å². The molecule has 46 valence electrons. The first kappa shape index (κ1) is 8.92. The van der Waals surface area contributed by atoms with Gasteiger partial charge in [-0.25, -0.2) is 4.39 Å². The number of halogens is 1. The second-order valence-electron chi connectivity index (χ2n) is 1.80. The molecule has 9 heavy (non-hydrogen) atoms. The van der Waals surface area contributed by atoms with Crippen LogP contribution in [-0.2, 0) is 0 Å². The summed E-state index contributed by atoms with van der Waals surface area (Å²) in [5, 5.41) is 0. The molecule has 1 aromatic carbocycles. The van der Waals surface area contributed by atoms with Crippen molar-refractivity contribution in [1.82, 2.24) is 0 Å². The van der Waals surface area contributed by atoms with Gasteiger partial charge in [-0.05, 0) is 24.6 Å². The van der Waals surface area contributed by atoms with Gasteiger partial charge in [0.15, 0.2) is 0 Å². The van der Waals surface area contributed by atoms with E-state index < -0.39 is 0 Å². The molecule has 0 spiro atoms. The molecule has 0 radical (unpaired) electrons. The first-order chi connectivity index (χ1) is 3.79. The maximum Gasteiger partial charge on any atom is 2.00 e. The quantitative estimate of drug-likeness (QED) is 0.479. The fourth-order valence-corrected chi connectivity index (χ4v) is 0.606. The van der Waals surface area contributed by atoms with E-state index in [0.717, 1.165) is 5.56 Å². The van der Waals surface area contributed by atoms with Crippen molar-refractivity contribution < 1.29 is 7.24 Å². The molecule has 0 bridgehead atoms. The van der Waals surface area contributed by atoms with Gasteiger partial charge < -0.3 is 2.85 Å². The number of hydrogen-bond acceptors (Lipinski definition) is 0. The van der Waals surface area contributed by atoms with Crippen LogP contribution in [0.4, 0.5) is 4.39 Å². The fraction of sp³-hybridized carbons (Fsp3) is 0.143.